The number of rotatable bonds is 5. The third-order valence-electron chi connectivity index (χ3n) is 4.66. The largest absolute Gasteiger partial charge is 0.330 e. The molecule has 1 saturated carbocycles. The van der Waals surface area contributed by atoms with Crippen LogP contribution in [0.3, 0.4) is 0 Å². The van der Waals surface area contributed by atoms with Gasteiger partial charge in [-0.15, -0.1) is 11.3 Å². The van der Waals surface area contributed by atoms with Gasteiger partial charge in [-0.2, -0.15) is 0 Å². The molecule has 1 aromatic heterocycles. The van der Waals surface area contributed by atoms with E-state index in [2.05, 4.69) is 24.4 Å². The summed E-state index contributed by atoms with van der Waals surface area (Å²) < 4.78 is 0. The van der Waals surface area contributed by atoms with E-state index in [-0.39, 0.29) is 0 Å². The Labute approximate surface area is 109 Å². The van der Waals surface area contributed by atoms with Crippen molar-refractivity contribution in [3.05, 3.63) is 22.4 Å². The quantitative estimate of drug-likeness (QED) is 0.833. The number of hydrogen-bond donors (Lipinski definition) is 1. The predicted molar refractivity (Wildman–Crippen MR) is 76.4 cm³/mol. The van der Waals surface area contributed by atoms with Crippen LogP contribution >= 0.6 is 11.3 Å². The van der Waals surface area contributed by atoms with Crippen LogP contribution < -0.4 is 5.73 Å². The number of thiophene rings is 1. The molecule has 1 heterocycles. The standard InChI is InChI=1S/C15H25NS/c1-2-13-5-8-15(12-16,9-6-13)10-7-14-4-3-11-17-14/h3-4,11,13H,2,5-10,12,16H2,1H3. The van der Waals surface area contributed by atoms with E-state index in [9.17, 15) is 0 Å². The molecular formula is C15H25NS. The molecule has 0 unspecified atom stereocenters. The molecule has 0 aromatic carbocycles. The molecule has 0 amide bonds. The van der Waals surface area contributed by atoms with Gasteiger partial charge in [-0.3, -0.25) is 0 Å². The fourth-order valence-corrected chi connectivity index (χ4v) is 3.81. The predicted octanol–water partition coefficient (Wildman–Crippen LogP) is 4.23. The third kappa shape index (κ3) is 3.32. The molecule has 2 heteroatoms. The van der Waals surface area contributed by atoms with Crippen molar-refractivity contribution in [1.29, 1.82) is 0 Å². The Morgan fingerprint density at radius 2 is 2.18 bits per heavy atom. The van der Waals surface area contributed by atoms with Crippen LogP contribution in [0.1, 0.15) is 50.3 Å². The average Bonchev–Trinajstić information content (AvgIpc) is 2.90. The SMILES string of the molecule is CCC1CCC(CN)(CCc2cccs2)CC1. The van der Waals surface area contributed by atoms with Crippen molar-refractivity contribution in [2.24, 2.45) is 17.1 Å². The summed E-state index contributed by atoms with van der Waals surface area (Å²) in [5.74, 6) is 0.969. The summed E-state index contributed by atoms with van der Waals surface area (Å²) in [5, 5.41) is 2.18. The van der Waals surface area contributed by atoms with Gasteiger partial charge in [-0.25, -0.2) is 0 Å². The first-order valence-electron chi connectivity index (χ1n) is 7.00. The van der Waals surface area contributed by atoms with Crippen molar-refractivity contribution >= 4 is 11.3 Å². The number of nitrogens with two attached hydrogens (primary N) is 1. The molecule has 2 rings (SSSR count). The van der Waals surface area contributed by atoms with Gasteiger partial charge in [-0.1, -0.05) is 19.4 Å². The van der Waals surface area contributed by atoms with Crippen LogP contribution in [0.2, 0.25) is 0 Å². The highest BCUT2D eigenvalue weighted by Crippen LogP contribution is 2.42. The molecule has 1 aliphatic carbocycles. The molecule has 2 N–H and O–H groups in total. The molecule has 0 radical (unpaired) electrons. The van der Waals surface area contributed by atoms with Crippen LogP contribution in [0.5, 0.6) is 0 Å². The molecule has 1 aromatic rings. The van der Waals surface area contributed by atoms with Crippen molar-refractivity contribution in [1.82, 2.24) is 0 Å². The van der Waals surface area contributed by atoms with E-state index >= 15 is 0 Å². The second kappa shape index (κ2) is 6.01. The molecule has 0 aliphatic heterocycles. The Kier molecular flexibility index (Phi) is 4.63. The normalized spacial score (nSPS) is 29.4. The van der Waals surface area contributed by atoms with Crippen LogP contribution in [-0.2, 0) is 6.42 Å². The van der Waals surface area contributed by atoms with Gasteiger partial charge in [0.25, 0.3) is 0 Å². The summed E-state index contributed by atoms with van der Waals surface area (Å²) >= 11 is 1.88. The minimum Gasteiger partial charge on any atom is -0.330 e. The zero-order valence-electron chi connectivity index (χ0n) is 11.0. The molecule has 96 valence electrons. The first-order valence-corrected chi connectivity index (χ1v) is 7.88. The highest BCUT2D eigenvalue weighted by atomic mass is 32.1. The summed E-state index contributed by atoms with van der Waals surface area (Å²) in [7, 11) is 0. The third-order valence-corrected chi connectivity index (χ3v) is 5.59. The van der Waals surface area contributed by atoms with Crippen LogP contribution in [0.25, 0.3) is 0 Å². The van der Waals surface area contributed by atoms with E-state index < -0.39 is 0 Å². The molecule has 0 atom stereocenters. The van der Waals surface area contributed by atoms with E-state index in [1.165, 1.54) is 49.8 Å². The van der Waals surface area contributed by atoms with Gasteiger partial charge in [0.15, 0.2) is 0 Å². The molecule has 0 spiro atoms. The average molecular weight is 251 g/mol. The highest BCUT2D eigenvalue weighted by Gasteiger charge is 2.33. The van der Waals surface area contributed by atoms with Gasteiger partial charge in [0.2, 0.25) is 0 Å². The Hall–Kier alpha value is -0.340. The first kappa shape index (κ1) is 13.1. The molecular weight excluding hydrogens is 226 g/mol. The van der Waals surface area contributed by atoms with E-state index in [1.807, 2.05) is 11.3 Å². The Morgan fingerprint density at radius 1 is 1.41 bits per heavy atom. The zero-order valence-corrected chi connectivity index (χ0v) is 11.8. The first-order chi connectivity index (χ1) is 8.28. The zero-order chi connectivity index (χ0) is 12.1. The smallest absolute Gasteiger partial charge is 0.00454 e. The lowest BCUT2D eigenvalue weighted by atomic mass is 9.67. The summed E-state index contributed by atoms with van der Waals surface area (Å²) in [6.45, 7) is 3.21. The van der Waals surface area contributed by atoms with Crippen LogP contribution in [-0.4, -0.2) is 6.54 Å². The van der Waals surface area contributed by atoms with Gasteiger partial charge in [0.1, 0.15) is 0 Å². The summed E-state index contributed by atoms with van der Waals surface area (Å²) in [6, 6.07) is 4.41. The van der Waals surface area contributed by atoms with Crippen LogP contribution in [0, 0.1) is 11.3 Å². The Bertz CT molecular complexity index is 310. The maximum absolute atomic E-state index is 6.07. The van der Waals surface area contributed by atoms with Gasteiger partial charge >= 0.3 is 0 Å². The monoisotopic (exact) mass is 251 g/mol. The maximum atomic E-state index is 6.07. The second-order valence-corrected chi connectivity index (χ2v) is 6.67. The van der Waals surface area contributed by atoms with E-state index in [0.29, 0.717) is 5.41 Å². The lowest BCUT2D eigenvalue weighted by Gasteiger charge is -2.39. The van der Waals surface area contributed by atoms with Crippen molar-refractivity contribution in [3.8, 4) is 0 Å². The minimum atomic E-state index is 0.454. The number of hydrogen-bond acceptors (Lipinski definition) is 2. The molecule has 0 saturated heterocycles. The molecule has 0 bridgehead atoms. The lowest BCUT2D eigenvalue weighted by molar-refractivity contribution is 0.143. The maximum Gasteiger partial charge on any atom is 0.00454 e. The van der Waals surface area contributed by atoms with Crippen molar-refractivity contribution in [2.75, 3.05) is 6.54 Å². The van der Waals surface area contributed by atoms with Crippen molar-refractivity contribution in [3.63, 3.8) is 0 Å². The lowest BCUT2D eigenvalue weighted by Crippen LogP contribution is -2.35. The van der Waals surface area contributed by atoms with E-state index in [1.54, 1.807) is 0 Å². The summed E-state index contributed by atoms with van der Waals surface area (Å²) in [5.41, 5.74) is 6.52. The van der Waals surface area contributed by atoms with E-state index in [4.69, 9.17) is 5.73 Å². The fourth-order valence-electron chi connectivity index (χ4n) is 3.10. The van der Waals surface area contributed by atoms with E-state index in [0.717, 1.165) is 12.5 Å². The van der Waals surface area contributed by atoms with Gasteiger partial charge < -0.3 is 5.73 Å². The number of aryl methyl sites for hydroxylation is 1. The van der Waals surface area contributed by atoms with Crippen LogP contribution in [0.4, 0.5) is 0 Å². The fraction of sp³-hybridized carbons (Fsp3) is 0.733. The van der Waals surface area contributed by atoms with Gasteiger partial charge in [0, 0.05) is 4.88 Å². The van der Waals surface area contributed by atoms with Gasteiger partial charge in [0.05, 0.1) is 0 Å². The topological polar surface area (TPSA) is 26.0 Å². The Morgan fingerprint density at radius 3 is 2.71 bits per heavy atom. The Balaban J connectivity index is 1.87. The highest BCUT2D eigenvalue weighted by molar-refractivity contribution is 7.09. The van der Waals surface area contributed by atoms with Crippen molar-refractivity contribution in [2.45, 2.75) is 51.9 Å². The second-order valence-electron chi connectivity index (χ2n) is 5.64. The summed E-state index contributed by atoms with van der Waals surface area (Å²) in [4.78, 5) is 1.52. The minimum absolute atomic E-state index is 0.454. The summed E-state index contributed by atoms with van der Waals surface area (Å²) in [6.07, 6.45) is 9.38. The van der Waals surface area contributed by atoms with Gasteiger partial charge in [-0.05, 0) is 67.8 Å². The molecule has 1 aliphatic rings. The van der Waals surface area contributed by atoms with Crippen LogP contribution in [0.15, 0.2) is 17.5 Å². The molecule has 17 heavy (non-hydrogen) atoms. The molecule has 1 nitrogen and oxygen atoms in total. The molecule has 1 fully saturated rings. The van der Waals surface area contributed by atoms with Crippen molar-refractivity contribution < 1.29 is 0 Å².